The first-order valence-corrected chi connectivity index (χ1v) is 28.0. The molecule has 28 heteroatoms. The van der Waals surface area contributed by atoms with E-state index >= 15 is 0 Å². The molecule has 0 saturated carbocycles. The maximum absolute atomic E-state index is 12.6. The van der Waals surface area contributed by atoms with Crippen LogP contribution in [0.1, 0.15) is 72.5 Å². The molecule has 89 heavy (non-hydrogen) atoms. The highest BCUT2D eigenvalue weighted by Crippen LogP contribution is 2.26. The molecule has 0 radical (unpaired) electrons. The zero-order valence-corrected chi connectivity index (χ0v) is 47.4. The Morgan fingerprint density at radius 2 is 0.910 bits per heavy atom. The number of nitrogens with one attached hydrogen (secondary N) is 5. The van der Waals surface area contributed by atoms with Gasteiger partial charge >= 0.3 is 0 Å². The van der Waals surface area contributed by atoms with Crippen molar-refractivity contribution in [3.8, 4) is 44.9 Å². The molecule has 0 unspecified atom stereocenters. The van der Waals surface area contributed by atoms with Crippen LogP contribution in [0.25, 0.3) is 89.1 Å². The molecule has 2 aliphatic heterocycles. The van der Waals surface area contributed by atoms with E-state index in [1.807, 2.05) is 69.0 Å². The Kier molecular flexibility index (Phi) is 15.4. The summed E-state index contributed by atoms with van der Waals surface area (Å²) in [5, 5.41) is 21.6. The smallest absolute Gasteiger partial charge is 0.258 e. The highest BCUT2D eigenvalue weighted by atomic mass is 16.5. The summed E-state index contributed by atoms with van der Waals surface area (Å²) in [6, 6.07) is 22.3. The van der Waals surface area contributed by atoms with Crippen molar-refractivity contribution in [3.05, 3.63) is 227 Å². The van der Waals surface area contributed by atoms with Crippen LogP contribution in [0.5, 0.6) is 0 Å². The third-order valence-electron chi connectivity index (χ3n) is 14.1. The lowest BCUT2D eigenvalue weighted by Gasteiger charge is -2.10. The molecule has 5 N–H and O–H groups in total. The number of ether oxygens (including phenoxy) is 2. The highest BCUT2D eigenvalue weighted by Gasteiger charge is 2.20. The molecule has 0 bridgehead atoms. The van der Waals surface area contributed by atoms with Crippen molar-refractivity contribution in [3.63, 3.8) is 0 Å². The Hall–Kier alpha value is -12.1. The van der Waals surface area contributed by atoms with Gasteiger partial charge in [-0.05, 0) is 103 Å². The quantitative estimate of drug-likeness (QED) is 0.0870. The number of aromatic nitrogens is 18. The molecule has 0 amide bonds. The van der Waals surface area contributed by atoms with Crippen molar-refractivity contribution in [2.45, 2.75) is 44.9 Å². The van der Waals surface area contributed by atoms with Crippen LogP contribution in [0.4, 0.5) is 0 Å². The zero-order chi connectivity index (χ0) is 61.0. The van der Waals surface area contributed by atoms with Crippen molar-refractivity contribution < 1.29 is 23.0 Å². The second kappa shape index (κ2) is 24.5. The third kappa shape index (κ3) is 12.8. The molecule has 10 aromatic heterocycles. The van der Waals surface area contributed by atoms with Gasteiger partial charge in [0.1, 0.15) is 17.5 Å². The summed E-state index contributed by atoms with van der Waals surface area (Å²) < 4.78 is 30.3. The van der Waals surface area contributed by atoms with Crippen molar-refractivity contribution in [1.82, 2.24) is 89.9 Å². The number of fused-ring (bicyclic) bond motifs is 3. The van der Waals surface area contributed by atoms with Gasteiger partial charge in [-0.1, -0.05) is 33.7 Å². The summed E-state index contributed by atoms with van der Waals surface area (Å²) in [5.74, 6) is 4.59. The molecule has 0 fully saturated rings. The van der Waals surface area contributed by atoms with Gasteiger partial charge in [0.25, 0.3) is 16.7 Å². The second-order valence-electron chi connectivity index (χ2n) is 20.6. The largest absolute Gasteiger partial charge is 0.490 e. The predicted molar refractivity (Wildman–Crippen MR) is 321 cm³/mol. The third-order valence-corrected chi connectivity index (χ3v) is 14.1. The van der Waals surface area contributed by atoms with E-state index in [4.69, 9.17) is 23.0 Å². The number of aryl methyl sites for hydroxylation is 2. The van der Waals surface area contributed by atoms with E-state index in [0.717, 1.165) is 59.1 Å². The fraction of sp³-hybridized carbons (Fsp3) is 0.180. The van der Waals surface area contributed by atoms with Gasteiger partial charge in [-0.2, -0.15) is 25.1 Å². The van der Waals surface area contributed by atoms with E-state index in [9.17, 15) is 24.0 Å². The monoisotopic (exact) mass is 1190 g/mol. The molecule has 13 aromatic rings. The lowest BCUT2D eigenvalue weighted by Crippen LogP contribution is -2.12. The summed E-state index contributed by atoms with van der Waals surface area (Å²) in [7, 11) is 3.69. The SMILES string of the molecule is Cn1cc(-c2ccc3nc(Cc4nc(-c5cc(=O)cc[nH]5)no4)[nH]c(=O)c3c2)cn1.Cn1cc(-c2ccc3nc(Cc4nc(C5=CCCCO5)no4)[nH]c(=O)c3c2)cn1.O=c1ccc(-c2ccc3nc(Cc4nc(C5=CCCCO5)no4)[nH]c(=O)c3c2)c[nH]1. The average Bonchev–Trinajstić information content (AvgIpc) is 2.08. The van der Waals surface area contributed by atoms with E-state index < -0.39 is 0 Å². The lowest BCUT2D eigenvalue weighted by atomic mass is 10.1. The molecule has 3 aromatic carbocycles. The van der Waals surface area contributed by atoms with Gasteiger partial charge in [0.15, 0.2) is 16.9 Å². The van der Waals surface area contributed by atoms with Crippen LogP contribution < -0.4 is 27.7 Å². The Morgan fingerprint density at radius 3 is 1.31 bits per heavy atom. The molecule has 0 saturated heterocycles. The molecule has 444 valence electrons. The number of aromatic amines is 5. The van der Waals surface area contributed by atoms with E-state index in [2.05, 4.69) is 80.5 Å². The highest BCUT2D eigenvalue weighted by molar-refractivity contribution is 5.85. The van der Waals surface area contributed by atoms with Gasteiger partial charge < -0.3 is 48.0 Å². The summed E-state index contributed by atoms with van der Waals surface area (Å²) in [5.41, 5.74) is 6.35. The molecular formula is C61H50N18O10. The van der Waals surface area contributed by atoms with Gasteiger partial charge in [0, 0.05) is 68.2 Å². The van der Waals surface area contributed by atoms with Gasteiger partial charge in [-0.25, -0.2) is 15.0 Å². The molecule has 0 aliphatic carbocycles. The van der Waals surface area contributed by atoms with E-state index in [1.54, 1.807) is 58.3 Å². The number of hydrogen-bond donors (Lipinski definition) is 5. The van der Waals surface area contributed by atoms with Crippen molar-refractivity contribution in [2.75, 3.05) is 13.2 Å². The minimum atomic E-state index is -0.265. The minimum Gasteiger partial charge on any atom is -0.490 e. The molecule has 15 rings (SSSR count). The number of benzene rings is 3. The fourth-order valence-electron chi connectivity index (χ4n) is 9.80. The topological polar surface area (TPSA) is 374 Å². The van der Waals surface area contributed by atoms with Crippen LogP contribution in [-0.4, -0.2) is 103 Å². The van der Waals surface area contributed by atoms with Gasteiger partial charge in [0.2, 0.25) is 40.7 Å². The first-order chi connectivity index (χ1) is 43.4. The van der Waals surface area contributed by atoms with Crippen LogP contribution in [0, 0.1) is 0 Å². The maximum Gasteiger partial charge on any atom is 0.258 e. The molecule has 2 aliphatic rings. The van der Waals surface area contributed by atoms with E-state index in [1.165, 1.54) is 24.4 Å². The molecule has 12 heterocycles. The molecule has 28 nitrogen and oxygen atoms in total. The number of rotatable bonds is 12. The summed E-state index contributed by atoms with van der Waals surface area (Å²) in [6.07, 6.45) is 18.7. The van der Waals surface area contributed by atoms with Crippen molar-refractivity contribution >= 4 is 44.2 Å². The number of hydrogen-bond acceptors (Lipinski definition) is 21. The standard InChI is InChI=1S/C21H17N5O4.C20H15N7O3.C20H18N6O3/c27-18-7-5-13(11-22-18)12-4-6-15-14(9-12)21(28)24-17(23-15)10-19-25-20(26-30-19)16-3-1-2-8-29-16;1-27-10-12(9-22-27)11-2-3-15-14(6-11)20(29)24-17(23-15)8-18-25-19(26-30-18)16-7-13(28)4-5-21-16;1-26-11-13(10-21-26)12-5-6-15-14(8-12)20(27)23-17(22-15)9-18-24-19(25-29-18)16-4-2-3-7-28-16/h3-7,9,11H,1-2,8,10H2,(H,22,27)(H,23,24,28);2-7,9-10H,8H2,1H3,(H,21,28)(H,23,24,29);4-6,8,10-11H,2-3,7,9H2,1H3,(H,22,23,27). The van der Waals surface area contributed by atoms with E-state index in [-0.39, 0.29) is 58.6 Å². The second-order valence-corrected chi connectivity index (χ2v) is 20.6. The number of H-pyrrole nitrogens is 5. The van der Waals surface area contributed by atoms with E-state index in [0.29, 0.717) is 104 Å². The van der Waals surface area contributed by atoms with Crippen molar-refractivity contribution in [1.29, 1.82) is 0 Å². The van der Waals surface area contributed by atoms with Crippen LogP contribution in [-0.2, 0) is 42.8 Å². The Morgan fingerprint density at radius 1 is 0.472 bits per heavy atom. The fourth-order valence-corrected chi connectivity index (χ4v) is 9.80. The summed E-state index contributed by atoms with van der Waals surface area (Å²) in [6.45, 7) is 1.28. The predicted octanol–water partition coefficient (Wildman–Crippen LogP) is 6.50. The van der Waals surface area contributed by atoms with Crippen LogP contribution in [0.3, 0.4) is 0 Å². The first kappa shape index (κ1) is 56.1. The zero-order valence-electron chi connectivity index (χ0n) is 47.4. The Bertz CT molecular complexity index is 5150. The average molecular weight is 1200 g/mol. The van der Waals surface area contributed by atoms with Gasteiger partial charge in [-0.3, -0.25) is 33.3 Å². The van der Waals surface area contributed by atoms with Crippen LogP contribution in [0.2, 0.25) is 0 Å². The molecule has 0 atom stereocenters. The minimum absolute atomic E-state index is 0.152. The first-order valence-electron chi connectivity index (χ1n) is 28.0. The maximum atomic E-state index is 12.6. The van der Waals surface area contributed by atoms with Crippen molar-refractivity contribution in [2.24, 2.45) is 14.1 Å². The summed E-state index contributed by atoms with van der Waals surface area (Å²) in [4.78, 5) is 101. The number of nitrogens with zero attached hydrogens (tertiary/aromatic N) is 13. The van der Waals surface area contributed by atoms with Crippen LogP contribution in [0.15, 0.2) is 166 Å². The molecule has 0 spiro atoms. The van der Waals surface area contributed by atoms with Crippen LogP contribution >= 0.6 is 0 Å². The lowest BCUT2D eigenvalue weighted by molar-refractivity contribution is 0.254. The molecular weight excluding hydrogens is 1140 g/mol. The number of allylic oxidation sites excluding steroid dienone is 2. The summed E-state index contributed by atoms with van der Waals surface area (Å²) >= 11 is 0. The number of pyridine rings is 2. The normalized spacial score (nSPS) is 13.0. The van der Waals surface area contributed by atoms with Gasteiger partial charge in [-0.15, -0.1) is 0 Å². The Balaban J connectivity index is 0.000000123. The Labute approximate surface area is 499 Å². The van der Waals surface area contributed by atoms with Gasteiger partial charge in [0.05, 0.1) is 83.3 Å².